The highest BCUT2D eigenvalue weighted by molar-refractivity contribution is 6.34. The Balaban J connectivity index is 1.26. The Morgan fingerprint density at radius 3 is 2.27 bits per heavy atom. The first-order chi connectivity index (χ1) is 18.8. The van der Waals surface area contributed by atoms with Gasteiger partial charge in [-0.15, -0.1) is 0 Å². The zero-order chi connectivity index (χ0) is 28.9. The number of aromatic nitrogens is 2. The summed E-state index contributed by atoms with van der Waals surface area (Å²) in [6.45, 7) is -0.217. The van der Waals surface area contributed by atoms with Crippen LogP contribution in [-0.2, 0) is 17.5 Å². The minimum Gasteiger partial charge on any atom is -0.351 e. The number of amides is 2. The number of fused-ring (bicyclic) bond motifs is 1. The van der Waals surface area contributed by atoms with E-state index in [-0.39, 0.29) is 35.5 Å². The molecule has 2 amide bonds. The van der Waals surface area contributed by atoms with Gasteiger partial charge in [-0.05, 0) is 73.0 Å². The van der Waals surface area contributed by atoms with E-state index in [4.69, 9.17) is 11.6 Å². The van der Waals surface area contributed by atoms with Crippen LogP contribution in [0.25, 0.3) is 22.4 Å². The van der Waals surface area contributed by atoms with Crippen molar-refractivity contribution in [2.24, 2.45) is 5.41 Å². The maximum Gasteiger partial charge on any atom is 0.416 e. The number of hydrogen-bond acceptors (Lipinski definition) is 3. The van der Waals surface area contributed by atoms with Gasteiger partial charge in [0.1, 0.15) is 11.2 Å². The van der Waals surface area contributed by atoms with Crippen molar-refractivity contribution in [3.8, 4) is 11.4 Å². The van der Waals surface area contributed by atoms with Gasteiger partial charge in [0.25, 0.3) is 5.91 Å². The third kappa shape index (κ3) is 5.35. The van der Waals surface area contributed by atoms with Crippen LogP contribution in [0, 0.1) is 5.41 Å². The van der Waals surface area contributed by atoms with Gasteiger partial charge in [0.2, 0.25) is 5.91 Å². The Morgan fingerprint density at radius 1 is 0.950 bits per heavy atom. The monoisotopic (exact) mass is 580 g/mol. The first kappa shape index (κ1) is 27.5. The first-order valence-electron chi connectivity index (χ1n) is 11.9. The van der Waals surface area contributed by atoms with Crippen LogP contribution in [0.4, 0.5) is 32.0 Å². The second-order valence-corrected chi connectivity index (χ2v) is 9.83. The Kier molecular flexibility index (Phi) is 6.77. The van der Waals surface area contributed by atoms with Gasteiger partial charge >= 0.3 is 12.4 Å². The molecule has 1 heterocycles. The molecule has 0 bridgehead atoms. The summed E-state index contributed by atoms with van der Waals surface area (Å²) in [4.78, 5) is 32.2. The summed E-state index contributed by atoms with van der Waals surface area (Å²) in [7, 11) is 0. The number of nitrogens with one attached hydrogen (secondary N) is 3. The highest BCUT2D eigenvalue weighted by atomic mass is 35.5. The third-order valence-corrected chi connectivity index (χ3v) is 7.01. The molecular formula is C27H19ClF6N4O2. The largest absolute Gasteiger partial charge is 0.416 e. The number of benzene rings is 3. The molecule has 0 radical (unpaired) electrons. The van der Waals surface area contributed by atoms with E-state index in [2.05, 4.69) is 20.6 Å². The minimum atomic E-state index is -4.63. The van der Waals surface area contributed by atoms with Gasteiger partial charge in [-0.2, -0.15) is 26.3 Å². The topological polar surface area (TPSA) is 86.9 Å². The number of carbonyl (C=O) groups is 2. The van der Waals surface area contributed by atoms with Crippen molar-refractivity contribution in [2.45, 2.75) is 31.7 Å². The lowest BCUT2D eigenvalue weighted by atomic mass is 10.1. The van der Waals surface area contributed by atoms with E-state index in [1.54, 1.807) is 24.3 Å². The van der Waals surface area contributed by atoms with E-state index in [0.29, 0.717) is 28.2 Å². The Morgan fingerprint density at radius 2 is 1.65 bits per heavy atom. The molecule has 40 heavy (non-hydrogen) atoms. The van der Waals surface area contributed by atoms with Gasteiger partial charge in [-0.1, -0.05) is 17.7 Å². The summed E-state index contributed by atoms with van der Waals surface area (Å²) in [5.74, 6) is -1.36. The lowest BCUT2D eigenvalue weighted by molar-refractivity contribution is -0.192. The summed E-state index contributed by atoms with van der Waals surface area (Å²) in [6, 6.07) is 13.8. The summed E-state index contributed by atoms with van der Waals surface area (Å²) in [5, 5.41) is 5.04. The molecule has 1 aromatic heterocycles. The fraction of sp³-hybridized carbons (Fsp3) is 0.222. The molecule has 0 unspecified atom stereocenters. The molecule has 5 rings (SSSR count). The molecular weight excluding hydrogens is 562 g/mol. The summed E-state index contributed by atoms with van der Waals surface area (Å²) in [6.07, 6.45) is -9.63. The standard InChI is InChI=1S/C27H19ClF6N4O2/c28-19-7-1-14(13-35-24(40)25(9-10-25)27(32,33)34)11-18(19)23(39)36-17-5-2-15(3-6-17)22-37-20-8-4-16(26(29,30)31)12-21(20)38-22/h1-8,11-12H,9-10,13H2,(H,35,40)(H,36,39)(H,37,38). The number of H-pyrrole nitrogens is 1. The van der Waals surface area contributed by atoms with E-state index in [9.17, 15) is 35.9 Å². The molecule has 1 fully saturated rings. The van der Waals surface area contributed by atoms with Crippen LogP contribution < -0.4 is 10.6 Å². The van der Waals surface area contributed by atoms with Crippen LogP contribution in [0.1, 0.15) is 34.3 Å². The predicted molar refractivity (Wildman–Crippen MR) is 136 cm³/mol. The van der Waals surface area contributed by atoms with Crippen molar-refractivity contribution >= 4 is 40.1 Å². The van der Waals surface area contributed by atoms with Gasteiger partial charge in [-0.3, -0.25) is 9.59 Å². The molecule has 3 aromatic carbocycles. The molecule has 0 spiro atoms. The lowest BCUT2D eigenvalue weighted by Gasteiger charge is -2.18. The fourth-order valence-electron chi connectivity index (χ4n) is 4.20. The average Bonchev–Trinajstić information content (AvgIpc) is 3.61. The smallest absolute Gasteiger partial charge is 0.351 e. The van der Waals surface area contributed by atoms with E-state index >= 15 is 0 Å². The molecule has 208 valence electrons. The number of aromatic amines is 1. The number of nitrogens with zero attached hydrogens (tertiary/aromatic N) is 1. The van der Waals surface area contributed by atoms with E-state index in [1.165, 1.54) is 24.3 Å². The number of hydrogen-bond donors (Lipinski definition) is 3. The first-order valence-corrected chi connectivity index (χ1v) is 12.3. The number of rotatable bonds is 6. The van der Waals surface area contributed by atoms with Gasteiger partial charge in [-0.25, -0.2) is 4.98 Å². The van der Waals surface area contributed by atoms with Crippen molar-refractivity contribution in [2.75, 3.05) is 5.32 Å². The molecule has 13 heteroatoms. The number of imidazole rings is 1. The number of anilines is 1. The normalized spacial score (nSPS) is 14.7. The van der Waals surface area contributed by atoms with E-state index < -0.39 is 35.1 Å². The molecule has 0 aliphatic heterocycles. The van der Waals surface area contributed by atoms with Gasteiger partial charge in [0.15, 0.2) is 0 Å². The van der Waals surface area contributed by atoms with E-state index in [1.807, 2.05) is 0 Å². The van der Waals surface area contributed by atoms with Crippen molar-refractivity contribution in [1.29, 1.82) is 0 Å². The average molecular weight is 581 g/mol. The zero-order valence-corrected chi connectivity index (χ0v) is 21.1. The third-order valence-electron chi connectivity index (χ3n) is 6.68. The molecule has 1 saturated carbocycles. The second kappa shape index (κ2) is 9.84. The maximum absolute atomic E-state index is 13.2. The molecule has 0 atom stereocenters. The quantitative estimate of drug-likeness (QED) is 0.212. The number of carbonyl (C=O) groups excluding carboxylic acids is 2. The Bertz CT molecular complexity index is 1610. The number of halogens is 7. The van der Waals surface area contributed by atoms with Gasteiger partial charge in [0.05, 0.1) is 27.2 Å². The zero-order valence-electron chi connectivity index (χ0n) is 20.3. The van der Waals surface area contributed by atoms with Crippen LogP contribution in [0.3, 0.4) is 0 Å². The highest BCUT2D eigenvalue weighted by Gasteiger charge is 2.68. The Hall–Kier alpha value is -4.06. The van der Waals surface area contributed by atoms with Crippen LogP contribution in [-0.4, -0.2) is 28.0 Å². The highest BCUT2D eigenvalue weighted by Crippen LogP contribution is 2.57. The molecule has 0 saturated heterocycles. The van der Waals surface area contributed by atoms with Crippen molar-refractivity contribution < 1.29 is 35.9 Å². The maximum atomic E-state index is 13.2. The number of alkyl halides is 6. The van der Waals surface area contributed by atoms with Crippen molar-refractivity contribution in [3.63, 3.8) is 0 Å². The Labute approximate surface area is 227 Å². The summed E-state index contributed by atoms with van der Waals surface area (Å²) in [5.41, 5.74) is -1.20. The summed E-state index contributed by atoms with van der Waals surface area (Å²) >= 11 is 6.17. The van der Waals surface area contributed by atoms with Crippen molar-refractivity contribution in [1.82, 2.24) is 15.3 Å². The van der Waals surface area contributed by atoms with Crippen LogP contribution >= 0.6 is 11.6 Å². The molecule has 4 aromatic rings. The van der Waals surface area contributed by atoms with Crippen LogP contribution in [0.2, 0.25) is 5.02 Å². The summed E-state index contributed by atoms with van der Waals surface area (Å²) < 4.78 is 78.4. The second-order valence-electron chi connectivity index (χ2n) is 9.42. The van der Waals surface area contributed by atoms with Crippen LogP contribution in [0.5, 0.6) is 0 Å². The lowest BCUT2D eigenvalue weighted by Crippen LogP contribution is -2.40. The fourth-order valence-corrected chi connectivity index (χ4v) is 4.41. The minimum absolute atomic E-state index is 0.0483. The molecule has 1 aliphatic carbocycles. The predicted octanol–water partition coefficient (Wildman–Crippen LogP) is 7.11. The van der Waals surface area contributed by atoms with Crippen molar-refractivity contribution in [3.05, 3.63) is 82.4 Å². The van der Waals surface area contributed by atoms with Crippen LogP contribution in [0.15, 0.2) is 60.7 Å². The molecule has 1 aliphatic rings. The SMILES string of the molecule is O=C(Nc1ccc(-c2nc3ccc(C(F)(F)F)cc3[nH]2)cc1)c1cc(CNC(=O)C2(C(F)(F)F)CC2)ccc1Cl. The van der Waals surface area contributed by atoms with Gasteiger partial charge in [0, 0.05) is 17.8 Å². The molecule has 3 N–H and O–H groups in total. The van der Waals surface area contributed by atoms with Gasteiger partial charge < -0.3 is 15.6 Å². The van der Waals surface area contributed by atoms with E-state index in [0.717, 1.165) is 12.1 Å². The molecule has 6 nitrogen and oxygen atoms in total.